The third-order valence-corrected chi connectivity index (χ3v) is 1.97. The lowest BCUT2D eigenvalue weighted by atomic mass is 10.2. The molecule has 1 heterocycles. The Balaban J connectivity index is 2.34. The number of carbonyl (C=O) groups excluding carboxylic acids is 1. The van der Waals surface area contributed by atoms with Gasteiger partial charge in [-0.1, -0.05) is 6.07 Å². The van der Waals surface area contributed by atoms with E-state index in [9.17, 15) is 9.59 Å². The maximum Gasteiger partial charge on any atom is 0.329 e. The van der Waals surface area contributed by atoms with E-state index in [1.165, 1.54) is 0 Å². The highest BCUT2D eigenvalue weighted by Crippen LogP contribution is 2.07. The van der Waals surface area contributed by atoms with E-state index in [1.807, 2.05) is 6.07 Å². The van der Waals surface area contributed by atoms with Gasteiger partial charge in [0, 0.05) is 6.20 Å². The fourth-order valence-electron chi connectivity index (χ4n) is 1.22. The molecule has 0 aromatic carbocycles. The number of carboxylic acid groups (broad SMARTS) is 1. The van der Waals surface area contributed by atoms with Crippen LogP contribution < -0.4 is 5.32 Å². The summed E-state index contributed by atoms with van der Waals surface area (Å²) in [6.07, 6.45) is 1.64. The smallest absolute Gasteiger partial charge is 0.329 e. The van der Waals surface area contributed by atoms with Crippen LogP contribution in [0.1, 0.15) is 18.7 Å². The number of carboxylic acids is 1. The van der Waals surface area contributed by atoms with Crippen LogP contribution in [-0.4, -0.2) is 35.2 Å². The highest BCUT2D eigenvalue weighted by atomic mass is 16.5. The summed E-state index contributed by atoms with van der Waals surface area (Å²) in [5.74, 6) is -1.47. The Morgan fingerprint density at radius 1 is 1.47 bits per heavy atom. The first-order chi connectivity index (χ1) is 8.09. The topological polar surface area (TPSA) is 88.5 Å². The lowest BCUT2D eigenvalue weighted by Crippen LogP contribution is -2.31. The molecule has 6 heteroatoms. The minimum absolute atomic E-state index is 0.239. The third-order valence-electron chi connectivity index (χ3n) is 1.97. The predicted molar refractivity (Wildman–Crippen MR) is 59.2 cm³/mol. The van der Waals surface area contributed by atoms with Crippen LogP contribution in [0.2, 0.25) is 0 Å². The molecule has 1 aromatic rings. The zero-order valence-corrected chi connectivity index (χ0v) is 9.42. The first-order valence-electron chi connectivity index (χ1n) is 5.09. The monoisotopic (exact) mass is 238 g/mol. The molecule has 0 bridgehead atoms. The van der Waals surface area contributed by atoms with Crippen LogP contribution in [0.4, 0.5) is 0 Å². The standard InChI is InChI=1S/C11H14N2O4/c1-8(9-4-2-3-5-12-9)13-10(14)6-17-7-11(15)16/h2-5,8H,6-7H2,1H3,(H,13,14)(H,15,16)/t8-/m0/s1. The van der Waals surface area contributed by atoms with Crippen molar-refractivity contribution in [1.29, 1.82) is 0 Å². The van der Waals surface area contributed by atoms with Crippen LogP contribution in [0.15, 0.2) is 24.4 Å². The van der Waals surface area contributed by atoms with Gasteiger partial charge in [0.1, 0.15) is 13.2 Å². The average molecular weight is 238 g/mol. The van der Waals surface area contributed by atoms with Crippen LogP contribution in [0.25, 0.3) is 0 Å². The third kappa shape index (κ3) is 5.07. The summed E-state index contributed by atoms with van der Waals surface area (Å²) in [6, 6.07) is 5.17. The molecule has 0 saturated heterocycles. The molecule has 0 aliphatic heterocycles. The van der Waals surface area contributed by atoms with Gasteiger partial charge in [0.05, 0.1) is 11.7 Å². The Hall–Kier alpha value is -1.95. The van der Waals surface area contributed by atoms with Crippen molar-refractivity contribution in [2.75, 3.05) is 13.2 Å². The molecule has 0 aliphatic carbocycles. The van der Waals surface area contributed by atoms with E-state index < -0.39 is 12.6 Å². The first-order valence-corrected chi connectivity index (χ1v) is 5.09. The number of pyridine rings is 1. The molecular weight excluding hydrogens is 224 g/mol. The van der Waals surface area contributed by atoms with Crippen molar-refractivity contribution in [3.8, 4) is 0 Å². The molecule has 0 radical (unpaired) electrons. The molecule has 0 fully saturated rings. The van der Waals surface area contributed by atoms with Gasteiger partial charge in [-0.05, 0) is 19.1 Å². The Kier molecular flexibility index (Phi) is 5.09. The molecule has 17 heavy (non-hydrogen) atoms. The molecule has 2 N–H and O–H groups in total. The van der Waals surface area contributed by atoms with E-state index in [2.05, 4.69) is 15.0 Å². The van der Waals surface area contributed by atoms with Crippen molar-refractivity contribution in [3.63, 3.8) is 0 Å². The van der Waals surface area contributed by atoms with E-state index in [4.69, 9.17) is 5.11 Å². The number of hydrogen-bond donors (Lipinski definition) is 2. The summed E-state index contributed by atoms with van der Waals surface area (Å²) in [5.41, 5.74) is 0.735. The van der Waals surface area contributed by atoms with Crippen molar-refractivity contribution in [1.82, 2.24) is 10.3 Å². The van der Waals surface area contributed by atoms with Crippen LogP contribution in [0.5, 0.6) is 0 Å². The molecule has 6 nitrogen and oxygen atoms in total. The van der Waals surface area contributed by atoms with Gasteiger partial charge in [-0.15, -0.1) is 0 Å². The van der Waals surface area contributed by atoms with Crippen molar-refractivity contribution >= 4 is 11.9 Å². The predicted octanol–water partition coefficient (Wildman–Crippen LogP) is 0.360. The Morgan fingerprint density at radius 2 is 2.24 bits per heavy atom. The Morgan fingerprint density at radius 3 is 2.82 bits per heavy atom. The van der Waals surface area contributed by atoms with E-state index in [0.717, 1.165) is 5.69 Å². The summed E-state index contributed by atoms with van der Waals surface area (Å²) in [5, 5.41) is 11.0. The average Bonchev–Trinajstić information content (AvgIpc) is 2.29. The number of nitrogens with zero attached hydrogens (tertiary/aromatic N) is 1. The molecular formula is C11H14N2O4. The van der Waals surface area contributed by atoms with E-state index in [1.54, 1.807) is 25.3 Å². The van der Waals surface area contributed by atoms with Gasteiger partial charge in [0.2, 0.25) is 5.91 Å². The Bertz CT molecular complexity index is 380. The number of nitrogens with one attached hydrogen (secondary N) is 1. The molecule has 1 atom stereocenters. The summed E-state index contributed by atoms with van der Waals surface area (Å²) in [7, 11) is 0. The zero-order chi connectivity index (χ0) is 12.7. The zero-order valence-electron chi connectivity index (χ0n) is 9.42. The number of carbonyl (C=O) groups is 2. The molecule has 0 saturated carbocycles. The summed E-state index contributed by atoms with van der Waals surface area (Å²) < 4.78 is 4.66. The number of amides is 1. The lowest BCUT2D eigenvalue weighted by molar-refractivity contribution is -0.143. The van der Waals surface area contributed by atoms with Crippen molar-refractivity contribution in [3.05, 3.63) is 30.1 Å². The second-order valence-electron chi connectivity index (χ2n) is 3.43. The maximum absolute atomic E-state index is 11.4. The fourth-order valence-corrected chi connectivity index (χ4v) is 1.22. The highest BCUT2D eigenvalue weighted by molar-refractivity contribution is 5.78. The molecule has 0 unspecified atom stereocenters. The second-order valence-corrected chi connectivity index (χ2v) is 3.43. The van der Waals surface area contributed by atoms with Crippen molar-refractivity contribution in [2.24, 2.45) is 0 Å². The highest BCUT2D eigenvalue weighted by Gasteiger charge is 2.10. The molecule has 0 spiro atoms. The summed E-state index contributed by atoms with van der Waals surface area (Å²) in [4.78, 5) is 25.6. The largest absolute Gasteiger partial charge is 0.480 e. The first kappa shape index (κ1) is 13.1. The SMILES string of the molecule is C[C@H](NC(=O)COCC(=O)O)c1ccccn1. The molecule has 0 aliphatic rings. The van der Waals surface area contributed by atoms with E-state index >= 15 is 0 Å². The molecule has 1 aromatic heterocycles. The van der Waals surface area contributed by atoms with Crippen LogP contribution in [0.3, 0.4) is 0 Å². The maximum atomic E-state index is 11.4. The number of ether oxygens (including phenoxy) is 1. The number of aliphatic carboxylic acids is 1. The second kappa shape index (κ2) is 6.59. The van der Waals surface area contributed by atoms with Crippen molar-refractivity contribution < 1.29 is 19.4 Å². The number of hydrogen-bond acceptors (Lipinski definition) is 4. The van der Waals surface area contributed by atoms with Gasteiger partial charge in [-0.25, -0.2) is 4.79 Å². The van der Waals surface area contributed by atoms with E-state index in [-0.39, 0.29) is 18.6 Å². The fraction of sp³-hybridized carbons (Fsp3) is 0.364. The van der Waals surface area contributed by atoms with Gasteiger partial charge in [0.15, 0.2) is 0 Å². The van der Waals surface area contributed by atoms with Gasteiger partial charge < -0.3 is 15.2 Å². The Labute approximate surface area is 98.6 Å². The minimum atomic E-state index is -1.10. The normalized spacial score (nSPS) is 11.8. The van der Waals surface area contributed by atoms with E-state index in [0.29, 0.717) is 0 Å². The molecule has 1 amide bonds. The summed E-state index contributed by atoms with van der Waals surface area (Å²) >= 11 is 0. The van der Waals surface area contributed by atoms with Crippen LogP contribution in [0, 0.1) is 0 Å². The van der Waals surface area contributed by atoms with Gasteiger partial charge >= 0.3 is 5.97 Å². The van der Waals surface area contributed by atoms with Crippen LogP contribution >= 0.6 is 0 Å². The summed E-state index contributed by atoms with van der Waals surface area (Å²) in [6.45, 7) is 1.03. The van der Waals surface area contributed by atoms with Gasteiger partial charge in [0.25, 0.3) is 0 Å². The quantitative estimate of drug-likeness (QED) is 0.747. The van der Waals surface area contributed by atoms with Gasteiger partial charge in [-0.3, -0.25) is 9.78 Å². The lowest BCUT2D eigenvalue weighted by Gasteiger charge is -2.12. The molecule has 92 valence electrons. The van der Waals surface area contributed by atoms with Crippen LogP contribution in [-0.2, 0) is 14.3 Å². The van der Waals surface area contributed by atoms with Gasteiger partial charge in [-0.2, -0.15) is 0 Å². The minimum Gasteiger partial charge on any atom is -0.480 e. The van der Waals surface area contributed by atoms with Crippen molar-refractivity contribution in [2.45, 2.75) is 13.0 Å². The number of rotatable bonds is 6. The molecule has 1 rings (SSSR count). The number of aromatic nitrogens is 1.